The molecule has 0 amide bonds. The summed E-state index contributed by atoms with van der Waals surface area (Å²) >= 11 is 0. The van der Waals surface area contributed by atoms with Crippen molar-refractivity contribution in [1.29, 1.82) is 0 Å². The summed E-state index contributed by atoms with van der Waals surface area (Å²) in [6.07, 6.45) is 2.53. The van der Waals surface area contributed by atoms with E-state index in [0.29, 0.717) is 19.4 Å². The number of anilines is 1. The van der Waals surface area contributed by atoms with Crippen molar-refractivity contribution in [2.75, 3.05) is 26.6 Å². The summed E-state index contributed by atoms with van der Waals surface area (Å²) in [4.78, 5) is 18.2. The second kappa shape index (κ2) is 17.5. The molecule has 0 fully saturated rings. The summed E-state index contributed by atoms with van der Waals surface area (Å²) in [5.41, 5.74) is 4.71. The SMILES string of the molecule is COC(=O)C(CCC(O[Si](C)(C)C(C)(C)C)c1ccc(F)cc1)[C@H](Nc1ccc(C/N=C/c2ccc(OC)cc2)cc1)c1ccc(OC)cc1. The third kappa shape index (κ3) is 10.5. The van der Waals surface area contributed by atoms with Crippen LogP contribution in [-0.4, -0.2) is 41.8 Å². The summed E-state index contributed by atoms with van der Waals surface area (Å²) in [7, 11) is 2.47. The molecule has 0 aliphatic heterocycles. The van der Waals surface area contributed by atoms with Gasteiger partial charge in [0.1, 0.15) is 17.3 Å². The lowest BCUT2D eigenvalue weighted by Crippen LogP contribution is -2.42. The van der Waals surface area contributed by atoms with E-state index in [1.807, 2.05) is 79.0 Å². The number of methoxy groups -OCH3 is 3. The first-order valence-electron chi connectivity index (χ1n) is 17.0. The van der Waals surface area contributed by atoms with Gasteiger partial charge in [-0.2, -0.15) is 0 Å². The topological polar surface area (TPSA) is 78.4 Å². The minimum absolute atomic E-state index is 0.0344. The van der Waals surface area contributed by atoms with Crippen LogP contribution in [-0.2, 0) is 20.5 Å². The Morgan fingerprint density at radius 2 is 1.36 bits per heavy atom. The number of benzene rings is 4. The molecule has 0 radical (unpaired) electrons. The fraction of sp³-hybridized carbons (Fsp3) is 0.366. The van der Waals surface area contributed by atoms with Crippen LogP contribution in [0.4, 0.5) is 10.1 Å². The van der Waals surface area contributed by atoms with Crippen molar-refractivity contribution in [2.24, 2.45) is 10.9 Å². The summed E-state index contributed by atoms with van der Waals surface area (Å²) in [6, 6.07) is 29.6. The highest BCUT2D eigenvalue weighted by molar-refractivity contribution is 6.74. The molecule has 0 spiro atoms. The van der Waals surface area contributed by atoms with Crippen LogP contribution < -0.4 is 14.8 Å². The number of hydrogen-bond acceptors (Lipinski definition) is 7. The van der Waals surface area contributed by atoms with Gasteiger partial charge < -0.3 is 24.0 Å². The molecule has 4 aromatic carbocycles. The van der Waals surface area contributed by atoms with Gasteiger partial charge in [-0.15, -0.1) is 0 Å². The van der Waals surface area contributed by atoms with Crippen molar-refractivity contribution in [1.82, 2.24) is 0 Å². The van der Waals surface area contributed by atoms with Crippen LogP contribution in [0.2, 0.25) is 18.1 Å². The van der Waals surface area contributed by atoms with Gasteiger partial charge in [-0.1, -0.05) is 57.2 Å². The van der Waals surface area contributed by atoms with Crippen molar-refractivity contribution in [2.45, 2.75) is 70.4 Å². The van der Waals surface area contributed by atoms with E-state index in [2.05, 4.69) is 44.2 Å². The molecule has 4 aromatic rings. The molecule has 3 atom stereocenters. The van der Waals surface area contributed by atoms with Crippen LogP contribution in [0.1, 0.15) is 68.0 Å². The molecule has 4 rings (SSSR count). The van der Waals surface area contributed by atoms with Gasteiger partial charge in [-0.25, -0.2) is 4.39 Å². The first-order chi connectivity index (χ1) is 23.8. The molecule has 0 aliphatic rings. The van der Waals surface area contributed by atoms with Gasteiger partial charge in [0.15, 0.2) is 8.32 Å². The fourth-order valence-electron chi connectivity index (χ4n) is 5.47. The fourth-order valence-corrected chi connectivity index (χ4v) is 6.79. The summed E-state index contributed by atoms with van der Waals surface area (Å²) in [5, 5.41) is 3.60. The maximum absolute atomic E-state index is 14.0. The first-order valence-corrected chi connectivity index (χ1v) is 19.9. The zero-order valence-corrected chi connectivity index (χ0v) is 31.5. The third-order valence-electron chi connectivity index (χ3n) is 9.51. The standard InChI is InChI=1S/C41H51FN2O5Si/c1-41(2,3)50(7,8)49-38(31-13-17-33(42)18-14-31)26-25-37(40(45)48-6)39(32-15-23-36(47-5)24-16-32)44-34-19-9-29(10-20-34)27-43-28-30-11-21-35(46-4)22-12-30/h9-24,28,37-39,44H,25-27H2,1-8H3/b43-28+/t37?,38?,39-/m1/s1. The molecule has 0 saturated carbocycles. The summed E-state index contributed by atoms with van der Waals surface area (Å²) in [5.74, 6) is 0.341. The molecule has 0 bridgehead atoms. The van der Waals surface area contributed by atoms with E-state index in [-0.39, 0.29) is 22.9 Å². The Balaban J connectivity index is 1.59. The number of carbonyl (C=O) groups excluding carboxylic acids is 1. The Kier molecular flexibility index (Phi) is 13.4. The number of halogens is 1. The number of aliphatic imine (C=N–C) groups is 1. The molecule has 0 aromatic heterocycles. The number of hydrogen-bond donors (Lipinski definition) is 1. The quantitative estimate of drug-likeness (QED) is 0.0713. The zero-order valence-electron chi connectivity index (χ0n) is 30.5. The molecule has 266 valence electrons. The summed E-state index contributed by atoms with van der Waals surface area (Å²) in [6.45, 7) is 11.5. The Morgan fingerprint density at radius 1 is 0.800 bits per heavy atom. The van der Waals surface area contributed by atoms with Gasteiger partial charge in [0.25, 0.3) is 0 Å². The minimum Gasteiger partial charge on any atom is -0.497 e. The molecule has 7 nitrogen and oxygen atoms in total. The lowest BCUT2D eigenvalue weighted by atomic mass is 9.87. The van der Waals surface area contributed by atoms with E-state index in [1.165, 1.54) is 19.2 Å². The van der Waals surface area contributed by atoms with E-state index in [0.717, 1.165) is 39.4 Å². The number of rotatable bonds is 16. The van der Waals surface area contributed by atoms with Gasteiger partial charge in [0, 0.05) is 11.9 Å². The van der Waals surface area contributed by atoms with E-state index in [1.54, 1.807) is 26.4 Å². The van der Waals surface area contributed by atoms with Gasteiger partial charge in [0.05, 0.1) is 45.9 Å². The molecular formula is C41H51FN2O5Si. The van der Waals surface area contributed by atoms with Crippen LogP contribution in [0.15, 0.2) is 102 Å². The van der Waals surface area contributed by atoms with Gasteiger partial charge >= 0.3 is 5.97 Å². The predicted octanol–water partition coefficient (Wildman–Crippen LogP) is 9.95. The van der Waals surface area contributed by atoms with Crippen LogP contribution >= 0.6 is 0 Å². The van der Waals surface area contributed by atoms with Crippen molar-refractivity contribution in [3.63, 3.8) is 0 Å². The Morgan fingerprint density at radius 3 is 1.90 bits per heavy atom. The second-order valence-corrected chi connectivity index (χ2v) is 18.7. The number of nitrogens with zero attached hydrogens (tertiary/aromatic N) is 1. The molecule has 9 heteroatoms. The van der Waals surface area contributed by atoms with Crippen molar-refractivity contribution < 1.29 is 27.8 Å². The van der Waals surface area contributed by atoms with E-state index in [9.17, 15) is 9.18 Å². The summed E-state index contributed by atoms with van der Waals surface area (Å²) < 4.78 is 36.9. The molecule has 0 saturated heterocycles. The Hall–Kier alpha value is -4.47. The van der Waals surface area contributed by atoms with Crippen LogP contribution in [0.5, 0.6) is 11.5 Å². The highest BCUT2D eigenvalue weighted by atomic mass is 28.4. The highest BCUT2D eigenvalue weighted by Gasteiger charge is 2.40. The molecule has 50 heavy (non-hydrogen) atoms. The largest absolute Gasteiger partial charge is 0.497 e. The van der Waals surface area contributed by atoms with Crippen molar-refractivity contribution in [3.8, 4) is 11.5 Å². The number of ether oxygens (including phenoxy) is 3. The average Bonchev–Trinajstić information content (AvgIpc) is 3.11. The third-order valence-corrected chi connectivity index (χ3v) is 14.0. The lowest BCUT2D eigenvalue weighted by Gasteiger charge is -2.40. The van der Waals surface area contributed by atoms with Gasteiger partial charge in [-0.05, 0) is 114 Å². The van der Waals surface area contributed by atoms with Crippen molar-refractivity contribution >= 4 is 26.2 Å². The Bertz CT molecular complexity index is 1670. The highest BCUT2D eigenvalue weighted by Crippen LogP contribution is 2.42. The Labute approximate surface area is 298 Å². The minimum atomic E-state index is -2.23. The number of nitrogens with one attached hydrogen (secondary N) is 1. The predicted molar refractivity (Wildman–Crippen MR) is 202 cm³/mol. The van der Waals surface area contributed by atoms with Crippen LogP contribution in [0, 0.1) is 11.7 Å². The molecule has 2 unspecified atom stereocenters. The van der Waals surface area contributed by atoms with Crippen molar-refractivity contribution in [3.05, 3.63) is 125 Å². The van der Waals surface area contributed by atoms with Gasteiger partial charge in [0.2, 0.25) is 0 Å². The zero-order chi connectivity index (χ0) is 36.3. The van der Waals surface area contributed by atoms with Gasteiger partial charge in [-0.3, -0.25) is 9.79 Å². The van der Waals surface area contributed by atoms with E-state index >= 15 is 0 Å². The normalized spacial score (nSPS) is 13.8. The first kappa shape index (κ1) is 38.3. The average molecular weight is 699 g/mol. The molecular weight excluding hydrogens is 648 g/mol. The van der Waals surface area contributed by atoms with Crippen LogP contribution in [0.3, 0.4) is 0 Å². The number of carbonyl (C=O) groups is 1. The maximum Gasteiger partial charge on any atom is 0.311 e. The smallest absolute Gasteiger partial charge is 0.311 e. The van der Waals surface area contributed by atoms with E-state index in [4.69, 9.17) is 18.6 Å². The monoisotopic (exact) mass is 698 g/mol. The number of esters is 1. The second-order valence-electron chi connectivity index (χ2n) is 14.0. The van der Waals surface area contributed by atoms with E-state index < -0.39 is 20.3 Å². The molecule has 0 aliphatic carbocycles. The molecule has 0 heterocycles. The van der Waals surface area contributed by atoms with Crippen LogP contribution in [0.25, 0.3) is 0 Å². The maximum atomic E-state index is 14.0. The lowest BCUT2D eigenvalue weighted by molar-refractivity contribution is -0.146. The molecule has 1 N–H and O–H groups in total.